The van der Waals surface area contributed by atoms with Crippen molar-refractivity contribution in [1.82, 2.24) is 0 Å². The summed E-state index contributed by atoms with van der Waals surface area (Å²) in [6, 6.07) is 31.3. The molecule has 3 radical (unpaired) electrons. The molecule has 3 aromatic rings. The van der Waals surface area contributed by atoms with Gasteiger partial charge in [0.05, 0.1) is 12.6 Å². The van der Waals surface area contributed by atoms with Crippen LogP contribution in [0.5, 0.6) is 0 Å². The van der Waals surface area contributed by atoms with E-state index in [1.807, 2.05) is 73.1 Å². The van der Waals surface area contributed by atoms with E-state index in [2.05, 4.69) is 72.8 Å². The fourth-order valence-corrected chi connectivity index (χ4v) is 5.20. The summed E-state index contributed by atoms with van der Waals surface area (Å²) in [4.78, 5) is 0. The first kappa shape index (κ1) is 34.6. The van der Waals surface area contributed by atoms with Crippen molar-refractivity contribution >= 4 is 15.6 Å². The van der Waals surface area contributed by atoms with Crippen LogP contribution in [0.25, 0.3) is 0 Å². The second-order valence-corrected chi connectivity index (χ2v) is 10.2. The summed E-state index contributed by atoms with van der Waals surface area (Å²) in [7, 11) is -2.28. The molecule has 0 aliphatic rings. The van der Waals surface area contributed by atoms with E-state index < -0.39 is 12.6 Å². The van der Waals surface area contributed by atoms with Gasteiger partial charge in [-0.1, -0.05) is 140 Å². The molecule has 0 fully saturated rings. The van der Waals surface area contributed by atoms with Gasteiger partial charge in [0.1, 0.15) is 0 Å². The number of hydrogen-bond donors (Lipinski definition) is 0. The van der Waals surface area contributed by atoms with Crippen LogP contribution in [-0.4, -0.2) is 27.9 Å². The van der Waals surface area contributed by atoms with Crippen molar-refractivity contribution in [3.63, 3.8) is 0 Å². The molecule has 0 spiro atoms. The molecule has 0 aliphatic heterocycles. The monoisotopic (exact) mass is 451 g/mol. The van der Waals surface area contributed by atoms with Crippen LogP contribution in [0.4, 0.5) is 0 Å². The van der Waals surface area contributed by atoms with E-state index in [-0.39, 0.29) is 15.8 Å². The van der Waals surface area contributed by atoms with Crippen molar-refractivity contribution in [3.8, 4) is 0 Å². The van der Waals surface area contributed by atoms with Gasteiger partial charge < -0.3 is 4.57 Å². The van der Waals surface area contributed by atoms with Crippen molar-refractivity contribution < 1.29 is 4.57 Å². The first-order valence-corrected chi connectivity index (χ1v) is 14.0. The van der Waals surface area contributed by atoms with Crippen molar-refractivity contribution in [2.45, 2.75) is 54.4 Å². The van der Waals surface area contributed by atoms with Gasteiger partial charge in [-0.05, 0) is 30.0 Å². The molecule has 0 atom stereocenters. The van der Waals surface area contributed by atoms with Crippen LogP contribution in [0.3, 0.4) is 0 Å². The van der Waals surface area contributed by atoms with Gasteiger partial charge in [-0.3, -0.25) is 0 Å². The SMILES string of the molecule is C.CC.CC.CC.CP(C)(=O)CC(c1ccccc1)(c1ccccc1)c1ccccc1.[B]. The molecule has 0 aromatic heterocycles. The van der Waals surface area contributed by atoms with Gasteiger partial charge in [0.2, 0.25) is 0 Å². The molecule has 3 aromatic carbocycles. The fourth-order valence-electron chi connectivity index (χ4n) is 3.51. The maximum Gasteiger partial charge on any atom is 0.0834 e. The van der Waals surface area contributed by atoms with Gasteiger partial charge in [0.15, 0.2) is 0 Å². The molecule has 175 valence electrons. The van der Waals surface area contributed by atoms with Gasteiger partial charge in [0.25, 0.3) is 0 Å². The van der Waals surface area contributed by atoms with Crippen LogP contribution in [-0.2, 0) is 9.98 Å². The minimum Gasteiger partial charge on any atom is -0.324 e. The van der Waals surface area contributed by atoms with Crippen LogP contribution in [0, 0.1) is 0 Å². The third-order valence-corrected chi connectivity index (χ3v) is 5.65. The average Bonchev–Trinajstić information content (AvgIpc) is 2.82. The Balaban J connectivity index is -0.000000971. The minimum atomic E-state index is -2.28. The summed E-state index contributed by atoms with van der Waals surface area (Å²) in [5, 5.41) is 0. The highest BCUT2D eigenvalue weighted by Gasteiger charge is 2.39. The van der Waals surface area contributed by atoms with Crippen molar-refractivity contribution in [3.05, 3.63) is 108 Å². The van der Waals surface area contributed by atoms with Crippen molar-refractivity contribution in [2.75, 3.05) is 19.5 Å². The van der Waals surface area contributed by atoms with Gasteiger partial charge in [-0.15, -0.1) is 0 Å². The number of rotatable bonds is 5. The van der Waals surface area contributed by atoms with Gasteiger partial charge in [-0.25, -0.2) is 0 Å². The standard InChI is InChI=1S/C22H23OP.3C2H6.CH4.B/c1-24(2,23)18-22(19-12-6-3-7-13-19,20-14-8-4-9-15-20)21-16-10-5-11-17-21;3*1-2;;/h3-17H,18H2,1-2H3;3*1-2H3;1H4;. The first-order valence-electron chi connectivity index (χ1n) is 11.2. The number of benzene rings is 3. The Morgan fingerprint density at radius 2 is 0.781 bits per heavy atom. The summed E-state index contributed by atoms with van der Waals surface area (Å²) in [5.74, 6) is 0. The lowest BCUT2D eigenvalue weighted by molar-refractivity contribution is 0.570. The maximum absolute atomic E-state index is 13.0. The molecule has 3 heteroatoms. The normalized spacial score (nSPS) is 9.62. The molecule has 0 aliphatic carbocycles. The molecular weight excluding hydrogens is 406 g/mol. The third-order valence-electron chi connectivity index (χ3n) is 4.42. The van der Waals surface area contributed by atoms with E-state index in [1.54, 1.807) is 0 Å². The summed E-state index contributed by atoms with van der Waals surface area (Å²) < 4.78 is 13.0. The molecule has 0 saturated carbocycles. The Bertz CT molecular complexity index is 730. The second kappa shape index (κ2) is 18.5. The second-order valence-electron chi connectivity index (χ2n) is 6.74. The highest BCUT2D eigenvalue weighted by molar-refractivity contribution is 7.62. The van der Waals surface area contributed by atoms with Crippen LogP contribution in [0.15, 0.2) is 91.0 Å². The summed E-state index contributed by atoms with van der Waals surface area (Å²) in [6.45, 7) is 15.8. The third kappa shape index (κ3) is 9.62. The van der Waals surface area contributed by atoms with E-state index in [9.17, 15) is 4.57 Å². The van der Waals surface area contributed by atoms with E-state index >= 15 is 0 Å². The zero-order chi connectivity index (χ0) is 23.0. The van der Waals surface area contributed by atoms with Gasteiger partial charge >= 0.3 is 0 Å². The van der Waals surface area contributed by atoms with E-state index in [0.29, 0.717) is 6.16 Å². The number of hydrogen-bond acceptors (Lipinski definition) is 1. The molecular formula is C29H45BOP. The zero-order valence-electron chi connectivity index (χ0n) is 20.8. The van der Waals surface area contributed by atoms with E-state index in [4.69, 9.17) is 0 Å². The van der Waals surface area contributed by atoms with Gasteiger partial charge in [0, 0.05) is 14.6 Å². The smallest absolute Gasteiger partial charge is 0.0834 e. The Labute approximate surface area is 201 Å². The largest absolute Gasteiger partial charge is 0.324 e. The molecule has 3 rings (SSSR count). The molecule has 32 heavy (non-hydrogen) atoms. The van der Waals surface area contributed by atoms with Crippen LogP contribution in [0.1, 0.15) is 65.7 Å². The van der Waals surface area contributed by atoms with Crippen LogP contribution in [0.2, 0.25) is 0 Å². The van der Waals surface area contributed by atoms with Crippen LogP contribution >= 0.6 is 7.14 Å². The summed E-state index contributed by atoms with van der Waals surface area (Å²) in [5.41, 5.74) is 3.16. The Morgan fingerprint density at radius 3 is 0.969 bits per heavy atom. The van der Waals surface area contributed by atoms with Crippen LogP contribution < -0.4 is 0 Å². The maximum atomic E-state index is 13.0. The highest BCUT2D eigenvalue weighted by atomic mass is 31.2. The molecule has 1 nitrogen and oxygen atoms in total. The predicted octanol–water partition coefficient (Wildman–Crippen LogP) is 8.98. The predicted molar refractivity (Wildman–Crippen MR) is 150 cm³/mol. The molecule has 0 N–H and O–H groups in total. The molecule has 0 unspecified atom stereocenters. The summed E-state index contributed by atoms with van der Waals surface area (Å²) in [6.07, 6.45) is 0.609. The molecule has 0 bridgehead atoms. The first-order chi connectivity index (χ1) is 14.5. The van der Waals surface area contributed by atoms with Crippen molar-refractivity contribution in [2.24, 2.45) is 0 Å². The average molecular weight is 451 g/mol. The van der Waals surface area contributed by atoms with Gasteiger partial charge in [-0.2, -0.15) is 0 Å². The molecule has 0 amide bonds. The topological polar surface area (TPSA) is 17.1 Å². The minimum absolute atomic E-state index is 0. The van der Waals surface area contributed by atoms with E-state index in [0.717, 1.165) is 0 Å². The quantitative estimate of drug-likeness (QED) is 0.215. The zero-order valence-corrected chi connectivity index (χ0v) is 21.7. The van der Waals surface area contributed by atoms with Crippen molar-refractivity contribution in [1.29, 1.82) is 0 Å². The lowest BCUT2D eigenvalue weighted by Crippen LogP contribution is -2.33. The lowest BCUT2D eigenvalue weighted by atomic mass is 9.71. The lowest BCUT2D eigenvalue weighted by Gasteiger charge is -2.37. The van der Waals surface area contributed by atoms with E-state index in [1.165, 1.54) is 16.7 Å². The molecule has 0 heterocycles. The fraction of sp³-hybridized carbons (Fsp3) is 0.379. The summed E-state index contributed by atoms with van der Waals surface area (Å²) >= 11 is 0. The molecule has 0 saturated heterocycles. The highest BCUT2D eigenvalue weighted by Crippen LogP contribution is 2.50. The Kier molecular flexibility index (Phi) is 20.0. The Morgan fingerprint density at radius 1 is 0.562 bits per heavy atom. The Hall–Kier alpha value is -2.05.